The van der Waals surface area contributed by atoms with Crippen molar-refractivity contribution in [1.29, 1.82) is 0 Å². The Balaban J connectivity index is 1.96. The molecule has 82 valence electrons. The van der Waals surface area contributed by atoms with Gasteiger partial charge in [0, 0.05) is 17.9 Å². The molecule has 0 N–H and O–H groups in total. The Hall–Kier alpha value is -0.890. The normalized spacial score (nSPS) is 22.9. The summed E-state index contributed by atoms with van der Waals surface area (Å²) in [6.45, 7) is 4.56. The highest BCUT2D eigenvalue weighted by Crippen LogP contribution is 2.18. The highest BCUT2D eigenvalue weighted by atomic mass is 15.1. The summed E-state index contributed by atoms with van der Waals surface area (Å²) < 4.78 is 0. The molecule has 0 aliphatic carbocycles. The number of pyridine rings is 1. The van der Waals surface area contributed by atoms with Crippen LogP contribution in [-0.2, 0) is 6.42 Å². The first-order valence-electron chi connectivity index (χ1n) is 5.85. The second kappa shape index (κ2) is 4.75. The van der Waals surface area contributed by atoms with Gasteiger partial charge in [-0.25, -0.2) is 0 Å². The summed E-state index contributed by atoms with van der Waals surface area (Å²) >= 11 is 0. The third kappa shape index (κ3) is 3.03. The first-order chi connectivity index (χ1) is 7.24. The number of rotatable bonds is 2. The molecule has 1 saturated heterocycles. The number of hydrogen-bond donors (Lipinski definition) is 0. The van der Waals surface area contributed by atoms with E-state index in [0.717, 1.165) is 18.0 Å². The van der Waals surface area contributed by atoms with Crippen molar-refractivity contribution in [2.45, 2.75) is 26.2 Å². The lowest BCUT2D eigenvalue weighted by atomic mass is 9.93. The molecule has 2 rings (SSSR count). The molecule has 0 aromatic carbocycles. The van der Waals surface area contributed by atoms with Crippen molar-refractivity contribution in [3.8, 4) is 0 Å². The minimum atomic E-state index is 0.804. The number of aromatic nitrogens is 1. The Kier molecular flexibility index (Phi) is 3.37. The van der Waals surface area contributed by atoms with Gasteiger partial charge in [0.2, 0.25) is 0 Å². The van der Waals surface area contributed by atoms with Gasteiger partial charge >= 0.3 is 0 Å². The second-order valence-corrected chi connectivity index (χ2v) is 4.74. The van der Waals surface area contributed by atoms with E-state index < -0.39 is 0 Å². The van der Waals surface area contributed by atoms with Crippen LogP contribution in [0.2, 0.25) is 0 Å². The van der Waals surface area contributed by atoms with Crippen LogP contribution in [-0.4, -0.2) is 30.0 Å². The molecule has 0 bridgehead atoms. The van der Waals surface area contributed by atoms with Crippen LogP contribution < -0.4 is 0 Å². The Bertz CT molecular complexity index is 322. The average molecular weight is 204 g/mol. The Morgan fingerprint density at radius 3 is 3.07 bits per heavy atom. The van der Waals surface area contributed by atoms with Crippen LogP contribution in [0.25, 0.3) is 0 Å². The monoisotopic (exact) mass is 204 g/mol. The highest BCUT2D eigenvalue weighted by Gasteiger charge is 2.17. The van der Waals surface area contributed by atoms with E-state index in [0.29, 0.717) is 0 Å². The van der Waals surface area contributed by atoms with E-state index in [1.165, 1.54) is 31.6 Å². The molecule has 15 heavy (non-hydrogen) atoms. The van der Waals surface area contributed by atoms with Gasteiger partial charge in [-0.3, -0.25) is 4.98 Å². The molecular formula is C13H20N2. The average Bonchev–Trinajstić information content (AvgIpc) is 2.17. The number of hydrogen-bond acceptors (Lipinski definition) is 2. The van der Waals surface area contributed by atoms with Crippen molar-refractivity contribution < 1.29 is 0 Å². The maximum atomic E-state index is 4.57. The van der Waals surface area contributed by atoms with E-state index >= 15 is 0 Å². The van der Waals surface area contributed by atoms with E-state index in [4.69, 9.17) is 0 Å². The van der Waals surface area contributed by atoms with Gasteiger partial charge in [-0.1, -0.05) is 6.07 Å². The number of aryl methyl sites for hydroxylation is 1. The molecule has 0 saturated carbocycles. The second-order valence-electron chi connectivity index (χ2n) is 4.74. The quantitative estimate of drug-likeness (QED) is 0.734. The van der Waals surface area contributed by atoms with Crippen LogP contribution >= 0.6 is 0 Å². The van der Waals surface area contributed by atoms with Crippen molar-refractivity contribution in [2.75, 3.05) is 20.1 Å². The number of nitrogens with zero attached hydrogens (tertiary/aromatic N) is 2. The summed E-state index contributed by atoms with van der Waals surface area (Å²) in [5, 5.41) is 0. The smallest absolute Gasteiger partial charge is 0.0410 e. The van der Waals surface area contributed by atoms with Crippen LogP contribution in [0.5, 0.6) is 0 Å². The molecule has 2 nitrogen and oxygen atoms in total. The van der Waals surface area contributed by atoms with Crippen LogP contribution in [0, 0.1) is 12.8 Å². The van der Waals surface area contributed by atoms with Gasteiger partial charge in [-0.2, -0.15) is 0 Å². The van der Waals surface area contributed by atoms with Crippen LogP contribution in [0.3, 0.4) is 0 Å². The Morgan fingerprint density at radius 2 is 2.33 bits per heavy atom. The maximum absolute atomic E-state index is 4.57. The Labute approximate surface area is 92.3 Å². The largest absolute Gasteiger partial charge is 0.306 e. The molecule has 0 spiro atoms. The first-order valence-corrected chi connectivity index (χ1v) is 5.85. The fourth-order valence-electron chi connectivity index (χ4n) is 2.45. The third-order valence-electron chi connectivity index (χ3n) is 3.17. The van der Waals surface area contributed by atoms with Gasteiger partial charge in [0.1, 0.15) is 0 Å². The SMILES string of the molecule is Cc1cccc(CC2CCCN(C)C2)n1. The molecule has 1 atom stereocenters. The predicted molar refractivity (Wildman–Crippen MR) is 62.9 cm³/mol. The topological polar surface area (TPSA) is 16.1 Å². The van der Waals surface area contributed by atoms with E-state index in [-0.39, 0.29) is 0 Å². The number of likely N-dealkylation sites (tertiary alicyclic amines) is 1. The molecule has 1 unspecified atom stereocenters. The van der Waals surface area contributed by atoms with Crippen molar-refractivity contribution in [1.82, 2.24) is 9.88 Å². The summed E-state index contributed by atoms with van der Waals surface area (Å²) in [6, 6.07) is 6.34. The van der Waals surface area contributed by atoms with Gasteiger partial charge in [0.15, 0.2) is 0 Å². The summed E-state index contributed by atoms with van der Waals surface area (Å²) in [6.07, 6.45) is 3.85. The lowest BCUT2D eigenvalue weighted by Gasteiger charge is -2.29. The molecule has 2 heterocycles. The molecule has 1 aliphatic heterocycles. The molecular weight excluding hydrogens is 184 g/mol. The van der Waals surface area contributed by atoms with E-state index in [9.17, 15) is 0 Å². The molecule has 1 fully saturated rings. The first kappa shape index (κ1) is 10.6. The standard InChI is InChI=1S/C13H20N2/c1-11-5-3-7-13(14-11)9-12-6-4-8-15(2)10-12/h3,5,7,12H,4,6,8-10H2,1-2H3. The Morgan fingerprint density at radius 1 is 1.47 bits per heavy atom. The van der Waals surface area contributed by atoms with Crippen molar-refractivity contribution in [2.24, 2.45) is 5.92 Å². The van der Waals surface area contributed by atoms with Gasteiger partial charge < -0.3 is 4.90 Å². The zero-order valence-corrected chi connectivity index (χ0v) is 9.74. The van der Waals surface area contributed by atoms with E-state index in [2.05, 4.69) is 42.1 Å². The summed E-state index contributed by atoms with van der Waals surface area (Å²) in [5.41, 5.74) is 2.40. The highest BCUT2D eigenvalue weighted by molar-refractivity contribution is 5.10. The van der Waals surface area contributed by atoms with Crippen LogP contribution in [0.1, 0.15) is 24.2 Å². The fraction of sp³-hybridized carbons (Fsp3) is 0.615. The molecule has 1 aromatic heterocycles. The zero-order valence-electron chi connectivity index (χ0n) is 9.74. The lowest BCUT2D eigenvalue weighted by Crippen LogP contribution is -2.33. The minimum Gasteiger partial charge on any atom is -0.306 e. The van der Waals surface area contributed by atoms with E-state index in [1.807, 2.05) is 0 Å². The van der Waals surface area contributed by atoms with Crippen molar-refractivity contribution in [3.63, 3.8) is 0 Å². The van der Waals surface area contributed by atoms with Gasteiger partial charge in [0.25, 0.3) is 0 Å². The summed E-state index contributed by atoms with van der Waals surface area (Å²) in [7, 11) is 2.22. The molecule has 1 aromatic rings. The zero-order chi connectivity index (χ0) is 10.7. The molecule has 0 radical (unpaired) electrons. The lowest BCUT2D eigenvalue weighted by molar-refractivity contribution is 0.208. The summed E-state index contributed by atoms with van der Waals surface area (Å²) in [4.78, 5) is 7.01. The molecule has 1 aliphatic rings. The third-order valence-corrected chi connectivity index (χ3v) is 3.17. The van der Waals surface area contributed by atoms with Crippen molar-refractivity contribution >= 4 is 0 Å². The van der Waals surface area contributed by atoms with Gasteiger partial charge in [0.05, 0.1) is 0 Å². The van der Waals surface area contributed by atoms with E-state index in [1.54, 1.807) is 0 Å². The van der Waals surface area contributed by atoms with Crippen molar-refractivity contribution in [3.05, 3.63) is 29.6 Å². The van der Waals surface area contributed by atoms with Crippen LogP contribution in [0.4, 0.5) is 0 Å². The molecule has 2 heteroatoms. The maximum Gasteiger partial charge on any atom is 0.0410 e. The predicted octanol–water partition coefficient (Wildman–Crippen LogP) is 2.27. The fourth-order valence-corrected chi connectivity index (χ4v) is 2.45. The van der Waals surface area contributed by atoms with Crippen LogP contribution in [0.15, 0.2) is 18.2 Å². The number of piperidine rings is 1. The van der Waals surface area contributed by atoms with Gasteiger partial charge in [-0.15, -0.1) is 0 Å². The summed E-state index contributed by atoms with van der Waals surface area (Å²) in [5.74, 6) is 0.804. The molecule has 0 amide bonds. The minimum absolute atomic E-state index is 0.804. The van der Waals surface area contributed by atoms with Gasteiger partial charge in [-0.05, 0) is 57.8 Å².